The van der Waals surface area contributed by atoms with Gasteiger partial charge in [0.05, 0.1) is 22.8 Å². The molecule has 144 valence electrons. The number of carbonyl (C=O) groups is 2. The van der Waals surface area contributed by atoms with Gasteiger partial charge in [-0.2, -0.15) is 5.10 Å². The molecule has 0 aromatic carbocycles. The van der Waals surface area contributed by atoms with Gasteiger partial charge in [0.1, 0.15) is 11.2 Å². The number of hydrogen-bond donors (Lipinski definition) is 2. The van der Waals surface area contributed by atoms with Gasteiger partial charge in [-0.25, -0.2) is 18.6 Å². The summed E-state index contributed by atoms with van der Waals surface area (Å²) in [7, 11) is 1.67. The second-order valence-electron chi connectivity index (χ2n) is 7.14. The zero-order chi connectivity index (χ0) is 19.2. The fourth-order valence-corrected chi connectivity index (χ4v) is 3.96. The molecule has 0 radical (unpaired) electrons. The average molecular weight is 378 g/mol. The first kappa shape index (κ1) is 17.6. The summed E-state index contributed by atoms with van der Waals surface area (Å²) in [5.41, 5.74) is -0.216. The van der Waals surface area contributed by atoms with E-state index in [-0.39, 0.29) is 18.1 Å². The Labute approximate surface area is 153 Å². The Hall–Kier alpha value is -2.78. The minimum Gasteiger partial charge on any atom is -0.356 e. The summed E-state index contributed by atoms with van der Waals surface area (Å²) in [6.45, 7) is 1.37. The highest BCUT2D eigenvalue weighted by molar-refractivity contribution is 5.93. The number of fused-ring (bicyclic) bond motifs is 1. The van der Waals surface area contributed by atoms with E-state index in [4.69, 9.17) is 0 Å². The van der Waals surface area contributed by atoms with Crippen molar-refractivity contribution in [1.82, 2.24) is 25.0 Å². The van der Waals surface area contributed by atoms with Crippen molar-refractivity contribution in [3.05, 3.63) is 18.0 Å². The Kier molecular flexibility index (Phi) is 4.20. The van der Waals surface area contributed by atoms with Gasteiger partial charge in [-0.1, -0.05) is 0 Å². The van der Waals surface area contributed by atoms with Crippen LogP contribution in [-0.4, -0.2) is 51.2 Å². The molecule has 0 aliphatic carbocycles. The molecule has 8 nitrogen and oxygen atoms in total. The Balaban J connectivity index is 1.59. The Morgan fingerprint density at radius 1 is 1.41 bits per heavy atom. The van der Waals surface area contributed by atoms with Gasteiger partial charge in [0.25, 0.3) is 6.43 Å². The largest absolute Gasteiger partial charge is 0.356 e. The van der Waals surface area contributed by atoms with Crippen molar-refractivity contribution in [2.75, 3.05) is 25.0 Å². The number of nitrogens with zero attached hydrogens (tertiary/aromatic N) is 4. The third-order valence-electron chi connectivity index (χ3n) is 5.45. The maximum Gasteiger partial charge on any atom is 0.321 e. The van der Waals surface area contributed by atoms with Crippen LogP contribution in [-0.2, 0) is 11.8 Å². The van der Waals surface area contributed by atoms with Crippen LogP contribution in [0.15, 0.2) is 12.3 Å². The summed E-state index contributed by atoms with van der Waals surface area (Å²) in [6, 6.07) is 0.954. The lowest BCUT2D eigenvalue weighted by molar-refractivity contribution is -0.129. The van der Waals surface area contributed by atoms with Gasteiger partial charge in [-0.15, -0.1) is 0 Å². The number of likely N-dealkylation sites (tertiary alicyclic amines) is 1. The third-order valence-corrected chi connectivity index (χ3v) is 5.45. The zero-order valence-electron chi connectivity index (χ0n) is 14.8. The van der Waals surface area contributed by atoms with Crippen molar-refractivity contribution in [1.29, 1.82) is 0 Å². The molecule has 0 saturated carbocycles. The first-order chi connectivity index (χ1) is 12.9. The second kappa shape index (κ2) is 6.43. The third kappa shape index (κ3) is 2.98. The molecule has 2 aromatic heterocycles. The topological polar surface area (TPSA) is 92.2 Å². The van der Waals surface area contributed by atoms with Crippen molar-refractivity contribution >= 4 is 28.7 Å². The highest BCUT2D eigenvalue weighted by Crippen LogP contribution is 2.37. The minimum atomic E-state index is -2.83. The summed E-state index contributed by atoms with van der Waals surface area (Å²) >= 11 is 0. The van der Waals surface area contributed by atoms with E-state index in [9.17, 15) is 18.4 Å². The van der Waals surface area contributed by atoms with E-state index >= 15 is 0 Å². The minimum absolute atomic E-state index is 0.0359. The molecule has 1 atom stereocenters. The van der Waals surface area contributed by atoms with Gasteiger partial charge in [0.15, 0.2) is 0 Å². The number of alkyl halides is 2. The molecule has 0 bridgehead atoms. The number of rotatable bonds is 2. The van der Waals surface area contributed by atoms with E-state index in [1.165, 1.54) is 21.8 Å². The predicted molar refractivity (Wildman–Crippen MR) is 93.4 cm³/mol. The number of halogens is 2. The molecular weight excluding hydrogens is 358 g/mol. The average Bonchev–Trinajstić information content (AvgIpc) is 3.17. The Bertz CT molecular complexity index is 914. The summed E-state index contributed by atoms with van der Waals surface area (Å²) in [5.74, 6) is -0.0359. The van der Waals surface area contributed by atoms with Crippen molar-refractivity contribution < 1.29 is 18.4 Å². The van der Waals surface area contributed by atoms with Gasteiger partial charge in [0.2, 0.25) is 5.91 Å². The van der Waals surface area contributed by atoms with Crippen LogP contribution in [0.5, 0.6) is 0 Å². The molecule has 4 rings (SSSR count). The van der Waals surface area contributed by atoms with E-state index in [0.717, 1.165) is 6.42 Å². The van der Waals surface area contributed by atoms with Crippen molar-refractivity contribution in [3.8, 4) is 0 Å². The summed E-state index contributed by atoms with van der Waals surface area (Å²) in [5, 5.41) is 9.39. The van der Waals surface area contributed by atoms with Crippen molar-refractivity contribution in [2.24, 2.45) is 12.5 Å². The van der Waals surface area contributed by atoms with E-state index < -0.39 is 23.6 Å². The van der Waals surface area contributed by atoms with Crippen LogP contribution in [0.25, 0.3) is 11.0 Å². The Morgan fingerprint density at radius 3 is 2.93 bits per heavy atom. The van der Waals surface area contributed by atoms with Crippen LogP contribution in [0.2, 0.25) is 0 Å². The van der Waals surface area contributed by atoms with Crippen LogP contribution in [0.1, 0.15) is 31.4 Å². The normalized spacial score (nSPS) is 22.7. The standard InChI is InChI=1S/C17H20F2N6O2/c1-24-12-7-10(13(14(18)19)22-11(12)8-21-24)23-16(27)25-6-2-3-17(9-25)4-5-20-15(17)26/h7-8,14H,2-6,9H2,1H3,(H,20,26)(H,23,27). The molecule has 2 N–H and O–H groups in total. The molecule has 27 heavy (non-hydrogen) atoms. The lowest BCUT2D eigenvalue weighted by Gasteiger charge is -2.38. The fraction of sp³-hybridized carbons (Fsp3) is 0.529. The number of hydrogen-bond acceptors (Lipinski definition) is 4. The molecule has 1 spiro atoms. The lowest BCUT2D eigenvalue weighted by atomic mass is 9.78. The quantitative estimate of drug-likeness (QED) is 0.837. The first-order valence-electron chi connectivity index (χ1n) is 8.85. The second-order valence-corrected chi connectivity index (χ2v) is 7.14. The number of aryl methyl sites for hydroxylation is 1. The predicted octanol–water partition coefficient (Wildman–Crippen LogP) is 2.04. The number of urea groups is 1. The van der Waals surface area contributed by atoms with Crippen LogP contribution >= 0.6 is 0 Å². The van der Waals surface area contributed by atoms with Gasteiger partial charge < -0.3 is 15.5 Å². The summed E-state index contributed by atoms with van der Waals surface area (Å²) in [4.78, 5) is 30.4. The molecule has 4 heterocycles. The number of nitrogens with one attached hydrogen (secondary N) is 2. The van der Waals surface area contributed by atoms with E-state index in [1.54, 1.807) is 7.05 Å². The molecule has 3 amide bonds. The number of piperidine rings is 1. The molecule has 2 aliphatic heterocycles. The monoisotopic (exact) mass is 378 g/mol. The van der Waals surface area contributed by atoms with Crippen molar-refractivity contribution in [3.63, 3.8) is 0 Å². The van der Waals surface area contributed by atoms with Crippen LogP contribution < -0.4 is 10.6 Å². The molecule has 2 aromatic rings. The van der Waals surface area contributed by atoms with Crippen LogP contribution in [0, 0.1) is 5.41 Å². The SMILES string of the molecule is Cn1ncc2nc(C(F)F)c(NC(=O)N3CCCC4(CCNC4=O)C3)cc21. The summed E-state index contributed by atoms with van der Waals surface area (Å²) < 4.78 is 28.4. The van der Waals surface area contributed by atoms with Crippen LogP contribution in [0.3, 0.4) is 0 Å². The Morgan fingerprint density at radius 2 is 2.22 bits per heavy atom. The maximum atomic E-state index is 13.4. The summed E-state index contributed by atoms with van der Waals surface area (Å²) in [6.07, 6.45) is 0.674. The molecular formula is C17H20F2N6O2. The first-order valence-corrected chi connectivity index (χ1v) is 8.85. The van der Waals surface area contributed by atoms with Crippen molar-refractivity contribution in [2.45, 2.75) is 25.7 Å². The highest BCUT2D eigenvalue weighted by Gasteiger charge is 2.46. The number of carbonyl (C=O) groups excluding carboxylic acids is 2. The zero-order valence-corrected chi connectivity index (χ0v) is 14.8. The van der Waals surface area contributed by atoms with Crippen LogP contribution in [0.4, 0.5) is 19.3 Å². The molecule has 1 unspecified atom stereocenters. The number of anilines is 1. The number of aromatic nitrogens is 3. The fourth-order valence-electron chi connectivity index (χ4n) is 3.96. The highest BCUT2D eigenvalue weighted by atomic mass is 19.3. The molecule has 2 saturated heterocycles. The number of amides is 3. The van der Waals surface area contributed by atoms with Gasteiger partial charge in [-0.3, -0.25) is 9.48 Å². The maximum absolute atomic E-state index is 13.4. The van der Waals surface area contributed by atoms with E-state index in [1.807, 2.05) is 0 Å². The smallest absolute Gasteiger partial charge is 0.321 e. The molecule has 2 aliphatic rings. The molecule has 10 heteroatoms. The molecule has 2 fully saturated rings. The van der Waals surface area contributed by atoms with Gasteiger partial charge in [0, 0.05) is 26.7 Å². The number of pyridine rings is 1. The van der Waals surface area contributed by atoms with Gasteiger partial charge in [-0.05, 0) is 25.3 Å². The van der Waals surface area contributed by atoms with Gasteiger partial charge >= 0.3 is 6.03 Å². The van der Waals surface area contributed by atoms with E-state index in [2.05, 4.69) is 20.7 Å². The van der Waals surface area contributed by atoms with E-state index in [0.29, 0.717) is 37.0 Å². The lowest BCUT2D eigenvalue weighted by Crippen LogP contribution is -2.50.